The number of hydrogen-bond acceptors (Lipinski definition) is 4. The van der Waals surface area contributed by atoms with E-state index in [0.29, 0.717) is 18.7 Å². The van der Waals surface area contributed by atoms with Crippen LogP contribution in [0.1, 0.15) is 10.4 Å². The van der Waals surface area contributed by atoms with Crippen molar-refractivity contribution in [1.82, 2.24) is 10.6 Å². The van der Waals surface area contributed by atoms with Crippen molar-refractivity contribution >= 4 is 39.7 Å². The van der Waals surface area contributed by atoms with E-state index in [1.807, 2.05) is 29.6 Å². The van der Waals surface area contributed by atoms with Crippen molar-refractivity contribution in [2.45, 2.75) is 6.10 Å². The molecule has 1 amide bonds. The molecule has 20 heavy (non-hydrogen) atoms. The normalized spacial score (nSPS) is 21.6. The van der Waals surface area contributed by atoms with Crippen molar-refractivity contribution in [3.8, 4) is 0 Å². The van der Waals surface area contributed by atoms with Crippen LogP contribution in [0.4, 0.5) is 0 Å². The highest BCUT2D eigenvalue weighted by Gasteiger charge is 2.25. The average Bonchev–Trinajstić information content (AvgIpc) is 3.03. The zero-order chi connectivity index (χ0) is 13.2. The number of benzene rings is 1. The fourth-order valence-corrected chi connectivity index (χ4v) is 3.13. The molecule has 2 unspecified atom stereocenters. The SMILES string of the molecule is Cl.O=C(NCC1CNCC1O)c1ccc2sccc2c1. The molecule has 1 aromatic carbocycles. The summed E-state index contributed by atoms with van der Waals surface area (Å²) in [7, 11) is 0. The molecule has 0 saturated carbocycles. The second-order valence-corrected chi connectivity index (χ2v) is 5.82. The predicted octanol–water partition coefficient (Wildman–Crippen LogP) is 1.63. The van der Waals surface area contributed by atoms with Gasteiger partial charge in [0.15, 0.2) is 0 Å². The van der Waals surface area contributed by atoms with Gasteiger partial charge in [-0.2, -0.15) is 0 Å². The zero-order valence-corrected chi connectivity index (χ0v) is 12.5. The highest BCUT2D eigenvalue weighted by molar-refractivity contribution is 7.17. The van der Waals surface area contributed by atoms with Crippen molar-refractivity contribution in [2.24, 2.45) is 5.92 Å². The van der Waals surface area contributed by atoms with Gasteiger partial charge in [0.1, 0.15) is 0 Å². The fourth-order valence-electron chi connectivity index (χ4n) is 2.36. The second kappa shape index (κ2) is 6.54. The third-order valence-corrected chi connectivity index (χ3v) is 4.44. The molecule has 1 fully saturated rings. The van der Waals surface area contributed by atoms with Gasteiger partial charge in [0, 0.05) is 35.8 Å². The Balaban J connectivity index is 0.00000147. The summed E-state index contributed by atoms with van der Waals surface area (Å²) in [5.74, 6) is 0.0287. The Kier molecular flexibility index (Phi) is 4.99. The van der Waals surface area contributed by atoms with Gasteiger partial charge < -0.3 is 15.7 Å². The van der Waals surface area contributed by atoms with Crippen molar-refractivity contribution in [3.63, 3.8) is 0 Å². The van der Waals surface area contributed by atoms with E-state index in [2.05, 4.69) is 10.6 Å². The van der Waals surface area contributed by atoms with E-state index in [1.54, 1.807) is 11.3 Å². The summed E-state index contributed by atoms with van der Waals surface area (Å²) in [4.78, 5) is 12.1. The first kappa shape index (κ1) is 15.3. The molecule has 108 valence electrons. The van der Waals surface area contributed by atoms with Gasteiger partial charge in [0.2, 0.25) is 0 Å². The summed E-state index contributed by atoms with van der Waals surface area (Å²) in [6, 6.07) is 7.74. The smallest absolute Gasteiger partial charge is 0.251 e. The van der Waals surface area contributed by atoms with Crippen LogP contribution in [0.2, 0.25) is 0 Å². The van der Waals surface area contributed by atoms with Crippen LogP contribution in [0.25, 0.3) is 10.1 Å². The van der Waals surface area contributed by atoms with Gasteiger partial charge in [-0.15, -0.1) is 23.7 Å². The number of carbonyl (C=O) groups is 1. The number of aliphatic hydroxyl groups is 1. The average molecular weight is 313 g/mol. The Hall–Kier alpha value is -1.14. The predicted molar refractivity (Wildman–Crippen MR) is 83.8 cm³/mol. The lowest BCUT2D eigenvalue weighted by Gasteiger charge is -2.14. The molecule has 0 bridgehead atoms. The number of nitrogens with one attached hydrogen (secondary N) is 2. The molecular formula is C14H17ClN2O2S. The molecule has 3 N–H and O–H groups in total. The van der Waals surface area contributed by atoms with Gasteiger partial charge in [-0.05, 0) is 35.0 Å². The number of hydrogen-bond donors (Lipinski definition) is 3. The topological polar surface area (TPSA) is 61.4 Å². The van der Waals surface area contributed by atoms with E-state index in [0.717, 1.165) is 11.9 Å². The van der Waals surface area contributed by atoms with Crippen molar-refractivity contribution in [3.05, 3.63) is 35.2 Å². The number of aliphatic hydroxyl groups excluding tert-OH is 1. The molecule has 1 aliphatic heterocycles. The van der Waals surface area contributed by atoms with Crippen LogP contribution in [-0.4, -0.2) is 36.8 Å². The molecule has 2 aromatic rings. The van der Waals surface area contributed by atoms with E-state index in [1.165, 1.54) is 4.70 Å². The van der Waals surface area contributed by atoms with Crippen molar-refractivity contribution in [1.29, 1.82) is 0 Å². The van der Waals surface area contributed by atoms with Crippen LogP contribution in [0.3, 0.4) is 0 Å². The maximum absolute atomic E-state index is 12.1. The maximum atomic E-state index is 12.1. The molecule has 0 aliphatic carbocycles. The molecule has 3 rings (SSSR count). The molecule has 0 spiro atoms. The summed E-state index contributed by atoms with van der Waals surface area (Å²) < 4.78 is 1.19. The van der Waals surface area contributed by atoms with Gasteiger partial charge in [-0.1, -0.05) is 0 Å². The van der Waals surface area contributed by atoms with Crippen LogP contribution < -0.4 is 10.6 Å². The molecule has 1 saturated heterocycles. The van der Waals surface area contributed by atoms with Crippen LogP contribution >= 0.6 is 23.7 Å². The van der Waals surface area contributed by atoms with Gasteiger partial charge >= 0.3 is 0 Å². The molecule has 0 radical (unpaired) electrons. The second-order valence-electron chi connectivity index (χ2n) is 4.87. The number of β-amino-alcohol motifs (C(OH)–C–C–N with tert-alkyl or cyclic N) is 1. The number of fused-ring (bicyclic) bond motifs is 1. The number of halogens is 1. The fraction of sp³-hybridized carbons (Fsp3) is 0.357. The Labute approximate surface area is 127 Å². The zero-order valence-electron chi connectivity index (χ0n) is 10.8. The highest BCUT2D eigenvalue weighted by Crippen LogP contribution is 2.21. The molecule has 6 heteroatoms. The largest absolute Gasteiger partial charge is 0.391 e. The molecule has 4 nitrogen and oxygen atoms in total. The summed E-state index contributed by atoms with van der Waals surface area (Å²) in [5.41, 5.74) is 0.673. The molecule has 1 aliphatic rings. The monoisotopic (exact) mass is 312 g/mol. The summed E-state index contributed by atoms with van der Waals surface area (Å²) in [6.45, 7) is 1.88. The van der Waals surface area contributed by atoms with Gasteiger partial charge in [-0.3, -0.25) is 4.79 Å². The minimum atomic E-state index is -0.361. The van der Waals surface area contributed by atoms with Gasteiger partial charge in [-0.25, -0.2) is 0 Å². The molecule has 2 atom stereocenters. The number of thiophene rings is 1. The van der Waals surface area contributed by atoms with Crippen LogP contribution in [0, 0.1) is 5.92 Å². The van der Waals surface area contributed by atoms with E-state index < -0.39 is 0 Å². The number of rotatable bonds is 3. The number of carbonyl (C=O) groups excluding carboxylic acids is 1. The van der Waals surface area contributed by atoms with E-state index in [9.17, 15) is 9.90 Å². The Bertz CT molecular complexity index is 602. The van der Waals surface area contributed by atoms with Crippen molar-refractivity contribution in [2.75, 3.05) is 19.6 Å². The quantitative estimate of drug-likeness (QED) is 0.807. The van der Waals surface area contributed by atoms with Crippen molar-refractivity contribution < 1.29 is 9.90 Å². The van der Waals surface area contributed by atoms with E-state index >= 15 is 0 Å². The lowest BCUT2D eigenvalue weighted by Crippen LogP contribution is -2.34. The van der Waals surface area contributed by atoms with Crippen LogP contribution in [0.15, 0.2) is 29.6 Å². The summed E-state index contributed by atoms with van der Waals surface area (Å²) in [6.07, 6.45) is -0.361. The number of amides is 1. The summed E-state index contributed by atoms with van der Waals surface area (Å²) in [5, 5.41) is 18.8. The molecule has 2 heterocycles. The Morgan fingerprint density at radius 2 is 2.25 bits per heavy atom. The Morgan fingerprint density at radius 3 is 3.00 bits per heavy atom. The first-order valence-corrected chi connectivity index (χ1v) is 7.26. The summed E-state index contributed by atoms with van der Waals surface area (Å²) >= 11 is 1.67. The third kappa shape index (κ3) is 3.12. The lowest BCUT2D eigenvalue weighted by atomic mass is 10.1. The lowest BCUT2D eigenvalue weighted by molar-refractivity contribution is 0.0927. The van der Waals surface area contributed by atoms with E-state index in [4.69, 9.17) is 0 Å². The minimum absolute atomic E-state index is 0. The van der Waals surface area contributed by atoms with Gasteiger partial charge in [0.05, 0.1) is 6.10 Å². The minimum Gasteiger partial charge on any atom is -0.391 e. The standard InChI is InChI=1S/C14H16N2O2S.ClH/c17-12-8-15-6-11(12)7-16-14(18)10-1-2-13-9(5-10)3-4-19-13;/h1-5,11-12,15,17H,6-8H2,(H,16,18);1H. The maximum Gasteiger partial charge on any atom is 0.251 e. The van der Waals surface area contributed by atoms with E-state index in [-0.39, 0.29) is 30.3 Å². The van der Waals surface area contributed by atoms with Gasteiger partial charge in [0.25, 0.3) is 5.91 Å². The third-order valence-electron chi connectivity index (χ3n) is 3.54. The molecule has 1 aromatic heterocycles. The highest BCUT2D eigenvalue weighted by atomic mass is 35.5. The van der Waals surface area contributed by atoms with Crippen LogP contribution in [0.5, 0.6) is 0 Å². The Morgan fingerprint density at radius 1 is 1.40 bits per heavy atom. The van der Waals surface area contributed by atoms with Crippen LogP contribution in [-0.2, 0) is 0 Å². The first-order valence-electron chi connectivity index (χ1n) is 6.38. The molecular weight excluding hydrogens is 296 g/mol. The first-order chi connectivity index (χ1) is 9.24.